The first-order chi connectivity index (χ1) is 9.30. The molecule has 2 aromatic heterocycles. The van der Waals surface area contributed by atoms with Crippen LogP contribution in [0.25, 0.3) is 16.9 Å². The van der Waals surface area contributed by atoms with Gasteiger partial charge < -0.3 is 14.9 Å². The summed E-state index contributed by atoms with van der Waals surface area (Å²) in [5, 5.41) is 0. The largest absolute Gasteiger partial charge is 0.497 e. The van der Waals surface area contributed by atoms with Crippen LogP contribution >= 0.6 is 0 Å². The number of hydrogen-bond donors (Lipinski definition) is 1. The molecule has 2 N–H and O–H groups in total. The number of pyridine rings is 1. The van der Waals surface area contributed by atoms with Gasteiger partial charge in [0.05, 0.1) is 12.8 Å². The van der Waals surface area contributed by atoms with Crippen molar-refractivity contribution in [3.8, 4) is 17.0 Å². The highest BCUT2D eigenvalue weighted by Gasteiger charge is 2.05. The van der Waals surface area contributed by atoms with E-state index in [1.165, 1.54) is 0 Å². The molecule has 0 fully saturated rings. The highest BCUT2D eigenvalue weighted by atomic mass is 16.5. The molecule has 0 amide bonds. The average molecular weight is 253 g/mol. The lowest BCUT2D eigenvalue weighted by Gasteiger charge is -2.00. The van der Waals surface area contributed by atoms with Gasteiger partial charge in [0.25, 0.3) is 0 Å². The van der Waals surface area contributed by atoms with Gasteiger partial charge in [0.15, 0.2) is 0 Å². The number of benzene rings is 1. The molecular formula is C15H15N3O. The van der Waals surface area contributed by atoms with E-state index in [0.717, 1.165) is 28.2 Å². The zero-order chi connectivity index (χ0) is 13.2. The van der Waals surface area contributed by atoms with E-state index in [-0.39, 0.29) is 0 Å². The zero-order valence-corrected chi connectivity index (χ0v) is 10.7. The minimum absolute atomic E-state index is 0.530. The predicted octanol–water partition coefficient (Wildman–Crippen LogP) is 2.47. The molecule has 0 saturated carbocycles. The maximum absolute atomic E-state index is 5.65. The molecule has 2 heterocycles. The van der Waals surface area contributed by atoms with Gasteiger partial charge in [-0.1, -0.05) is 18.2 Å². The van der Waals surface area contributed by atoms with Gasteiger partial charge in [0, 0.05) is 24.5 Å². The normalized spacial score (nSPS) is 10.8. The lowest BCUT2D eigenvalue weighted by atomic mass is 10.1. The first-order valence-corrected chi connectivity index (χ1v) is 6.12. The third kappa shape index (κ3) is 2.18. The molecule has 3 aromatic rings. The van der Waals surface area contributed by atoms with Crippen molar-refractivity contribution in [2.24, 2.45) is 5.73 Å². The Kier molecular flexibility index (Phi) is 2.93. The summed E-state index contributed by atoms with van der Waals surface area (Å²) >= 11 is 0. The molecule has 0 atom stereocenters. The minimum Gasteiger partial charge on any atom is -0.497 e. The smallest absolute Gasteiger partial charge is 0.137 e. The second-order valence-corrected chi connectivity index (χ2v) is 4.37. The second kappa shape index (κ2) is 4.74. The first-order valence-electron chi connectivity index (χ1n) is 6.12. The molecule has 0 aliphatic carbocycles. The van der Waals surface area contributed by atoms with Crippen LogP contribution in [-0.4, -0.2) is 16.5 Å². The Bertz CT molecular complexity index is 718. The van der Waals surface area contributed by atoms with E-state index in [9.17, 15) is 0 Å². The van der Waals surface area contributed by atoms with Crippen LogP contribution in [-0.2, 0) is 6.54 Å². The molecule has 0 saturated heterocycles. The maximum Gasteiger partial charge on any atom is 0.137 e. The van der Waals surface area contributed by atoms with Crippen molar-refractivity contribution in [1.29, 1.82) is 0 Å². The number of hydrogen-bond acceptors (Lipinski definition) is 3. The van der Waals surface area contributed by atoms with Crippen LogP contribution in [0.1, 0.15) is 5.56 Å². The van der Waals surface area contributed by atoms with Crippen molar-refractivity contribution < 1.29 is 4.74 Å². The quantitative estimate of drug-likeness (QED) is 0.780. The number of imidazole rings is 1. The number of aromatic nitrogens is 2. The number of nitrogens with two attached hydrogens (primary N) is 1. The van der Waals surface area contributed by atoms with Gasteiger partial charge in [-0.05, 0) is 23.8 Å². The van der Waals surface area contributed by atoms with E-state index in [2.05, 4.69) is 4.98 Å². The highest BCUT2D eigenvalue weighted by molar-refractivity contribution is 5.64. The van der Waals surface area contributed by atoms with E-state index < -0.39 is 0 Å². The van der Waals surface area contributed by atoms with E-state index in [4.69, 9.17) is 10.5 Å². The zero-order valence-electron chi connectivity index (χ0n) is 10.7. The molecular weight excluding hydrogens is 238 g/mol. The summed E-state index contributed by atoms with van der Waals surface area (Å²) in [5.41, 5.74) is 9.61. The van der Waals surface area contributed by atoms with E-state index in [1.54, 1.807) is 7.11 Å². The second-order valence-electron chi connectivity index (χ2n) is 4.37. The Labute approximate surface area is 111 Å². The molecule has 96 valence electrons. The number of ether oxygens (including phenoxy) is 1. The number of fused-ring (bicyclic) bond motifs is 1. The van der Waals surface area contributed by atoms with Gasteiger partial charge in [-0.3, -0.25) is 0 Å². The summed E-state index contributed by atoms with van der Waals surface area (Å²) in [5.74, 6) is 0.831. The fraction of sp³-hybridized carbons (Fsp3) is 0.133. The number of nitrogens with zero attached hydrogens (tertiary/aromatic N) is 2. The summed E-state index contributed by atoms with van der Waals surface area (Å²) in [7, 11) is 1.66. The lowest BCUT2D eigenvalue weighted by Crippen LogP contribution is -1.97. The third-order valence-corrected chi connectivity index (χ3v) is 3.11. The summed E-state index contributed by atoms with van der Waals surface area (Å²) < 4.78 is 7.23. The van der Waals surface area contributed by atoms with Crippen LogP contribution in [0.4, 0.5) is 0 Å². The average Bonchev–Trinajstić information content (AvgIpc) is 2.90. The Morgan fingerprint density at radius 1 is 1.21 bits per heavy atom. The van der Waals surface area contributed by atoms with Crippen LogP contribution < -0.4 is 10.5 Å². The fourth-order valence-electron chi connectivity index (χ4n) is 2.08. The standard InChI is InChI=1S/C15H15N3O/c1-19-13-4-2-3-12(7-13)14-10-18-9-11(8-16)5-6-15(18)17-14/h2-7,9-10H,8,16H2,1H3. The Hall–Kier alpha value is -2.33. The molecule has 19 heavy (non-hydrogen) atoms. The Morgan fingerprint density at radius 3 is 2.89 bits per heavy atom. The first kappa shape index (κ1) is 11.7. The van der Waals surface area contributed by atoms with Gasteiger partial charge in [0.1, 0.15) is 11.4 Å². The molecule has 0 radical (unpaired) electrons. The van der Waals surface area contributed by atoms with E-state index in [1.807, 2.05) is 53.2 Å². The molecule has 0 unspecified atom stereocenters. The molecule has 4 nitrogen and oxygen atoms in total. The van der Waals surface area contributed by atoms with Crippen LogP contribution in [0.5, 0.6) is 5.75 Å². The van der Waals surface area contributed by atoms with Crippen LogP contribution in [0.2, 0.25) is 0 Å². The molecule has 0 aliphatic heterocycles. The summed E-state index contributed by atoms with van der Waals surface area (Å²) in [4.78, 5) is 4.60. The topological polar surface area (TPSA) is 52.5 Å². The van der Waals surface area contributed by atoms with Crippen molar-refractivity contribution in [1.82, 2.24) is 9.38 Å². The minimum atomic E-state index is 0.530. The van der Waals surface area contributed by atoms with E-state index >= 15 is 0 Å². The molecule has 0 bridgehead atoms. The van der Waals surface area contributed by atoms with Crippen LogP contribution in [0, 0.1) is 0 Å². The van der Waals surface area contributed by atoms with Gasteiger partial charge >= 0.3 is 0 Å². The Balaban J connectivity index is 2.09. The summed E-state index contributed by atoms with van der Waals surface area (Å²) in [6.45, 7) is 0.530. The van der Waals surface area contributed by atoms with Crippen LogP contribution in [0.3, 0.4) is 0 Å². The monoisotopic (exact) mass is 253 g/mol. The van der Waals surface area contributed by atoms with Crippen molar-refractivity contribution >= 4 is 5.65 Å². The van der Waals surface area contributed by atoms with Crippen LogP contribution in [0.15, 0.2) is 48.8 Å². The number of methoxy groups -OCH3 is 1. The van der Waals surface area contributed by atoms with E-state index in [0.29, 0.717) is 6.54 Å². The highest BCUT2D eigenvalue weighted by Crippen LogP contribution is 2.23. The Morgan fingerprint density at radius 2 is 2.11 bits per heavy atom. The lowest BCUT2D eigenvalue weighted by molar-refractivity contribution is 0.415. The summed E-state index contributed by atoms with van der Waals surface area (Å²) in [6, 6.07) is 11.9. The summed E-state index contributed by atoms with van der Waals surface area (Å²) in [6.07, 6.45) is 4.01. The van der Waals surface area contributed by atoms with Crippen molar-refractivity contribution in [2.45, 2.75) is 6.54 Å². The van der Waals surface area contributed by atoms with Gasteiger partial charge in [-0.25, -0.2) is 4.98 Å². The van der Waals surface area contributed by atoms with Crippen molar-refractivity contribution in [3.63, 3.8) is 0 Å². The van der Waals surface area contributed by atoms with Gasteiger partial charge in [0.2, 0.25) is 0 Å². The van der Waals surface area contributed by atoms with Gasteiger partial charge in [-0.2, -0.15) is 0 Å². The molecule has 0 aliphatic rings. The molecule has 1 aromatic carbocycles. The fourth-order valence-corrected chi connectivity index (χ4v) is 2.08. The van der Waals surface area contributed by atoms with Crippen molar-refractivity contribution in [3.05, 3.63) is 54.4 Å². The SMILES string of the molecule is COc1cccc(-c2cn3cc(CN)ccc3n2)c1. The third-order valence-electron chi connectivity index (χ3n) is 3.11. The van der Waals surface area contributed by atoms with Crippen molar-refractivity contribution in [2.75, 3.05) is 7.11 Å². The maximum atomic E-state index is 5.65. The van der Waals surface area contributed by atoms with Gasteiger partial charge in [-0.15, -0.1) is 0 Å². The molecule has 0 spiro atoms. The number of rotatable bonds is 3. The predicted molar refractivity (Wildman–Crippen MR) is 75.1 cm³/mol. The molecule has 4 heteroatoms. The molecule has 3 rings (SSSR count).